The third-order valence-electron chi connectivity index (χ3n) is 2.17. The van der Waals surface area contributed by atoms with Crippen LogP contribution >= 0.6 is 23.0 Å². The van der Waals surface area contributed by atoms with Crippen molar-refractivity contribution in [3.8, 4) is 5.75 Å². The van der Waals surface area contributed by atoms with Crippen molar-refractivity contribution in [3.63, 3.8) is 0 Å². The van der Waals surface area contributed by atoms with Crippen LogP contribution in [-0.2, 0) is 6.54 Å². The number of aromatic nitrogens is 1. The van der Waals surface area contributed by atoms with Crippen molar-refractivity contribution >= 4 is 39.9 Å². The number of H-pyrrole nitrogens is 1. The van der Waals surface area contributed by atoms with Crippen LogP contribution in [0.4, 0.5) is 0 Å². The van der Waals surface area contributed by atoms with Crippen molar-refractivity contribution in [1.29, 1.82) is 0 Å². The minimum atomic E-state index is 0.0925. The summed E-state index contributed by atoms with van der Waals surface area (Å²) in [7, 11) is 0. The highest BCUT2D eigenvalue weighted by molar-refractivity contribution is 14.1. The van der Waals surface area contributed by atoms with Crippen LogP contribution in [0.2, 0.25) is 0 Å². The first-order valence-corrected chi connectivity index (χ1v) is 5.53. The van der Waals surface area contributed by atoms with Crippen LogP contribution in [0.1, 0.15) is 5.69 Å². The molecule has 0 unspecified atom stereocenters. The van der Waals surface area contributed by atoms with Gasteiger partial charge in [0.25, 0.3) is 0 Å². The van der Waals surface area contributed by atoms with Crippen molar-refractivity contribution in [2.75, 3.05) is 0 Å². The average Bonchev–Trinajstić information content (AvgIpc) is 2.67. The van der Waals surface area contributed by atoms with Gasteiger partial charge in [0.1, 0.15) is 5.75 Å². The zero-order chi connectivity index (χ0) is 11.5. The van der Waals surface area contributed by atoms with Gasteiger partial charge in [-0.25, -0.2) is 4.99 Å². The average molecular weight is 330 g/mol. The van der Waals surface area contributed by atoms with Crippen molar-refractivity contribution in [2.24, 2.45) is 16.5 Å². The van der Waals surface area contributed by atoms with Crippen LogP contribution in [0.5, 0.6) is 5.75 Å². The van der Waals surface area contributed by atoms with Crippen molar-refractivity contribution in [3.05, 3.63) is 30.0 Å². The van der Waals surface area contributed by atoms with Gasteiger partial charge in [0.2, 0.25) is 0 Å². The van der Waals surface area contributed by atoms with Gasteiger partial charge >= 0.3 is 0 Å². The normalized spacial score (nSPS) is 10.3. The fourth-order valence-corrected chi connectivity index (χ4v) is 1.75. The smallest absolute Gasteiger partial charge is 0.192 e. The third-order valence-corrected chi connectivity index (χ3v) is 2.68. The van der Waals surface area contributed by atoms with Crippen molar-refractivity contribution in [1.82, 2.24) is 4.98 Å². The number of rotatable bonds is 3. The highest BCUT2D eigenvalue weighted by Crippen LogP contribution is 2.22. The molecule has 0 aliphatic rings. The quantitative estimate of drug-likeness (QED) is 0.454. The van der Waals surface area contributed by atoms with Gasteiger partial charge in [0.05, 0.1) is 6.54 Å². The lowest BCUT2D eigenvalue weighted by Crippen LogP contribution is -2.22. The van der Waals surface area contributed by atoms with Gasteiger partial charge in [-0.05, 0) is 24.3 Å². The molecule has 5 N–H and O–H groups in total. The fourth-order valence-electron chi connectivity index (χ4n) is 1.48. The Kier molecular flexibility index (Phi) is 3.18. The Labute approximate surface area is 107 Å². The van der Waals surface area contributed by atoms with Gasteiger partial charge in [0.15, 0.2) is 29.0 Å². The number of aliphatic imine (C=N–C) groups is 1. The summed E-state index contributed by atoms with van der Waals surface area (Å²) >= 11 is 1.85. The molecule has 16 heavy (non-hydrogen) atoms. The van der Waals surface area contributed by atoms with E-state index < -0.39 is 0 Å². The predicted octanol–water partition coefficient (Wildman–Crippen LogP) is 1.67. The molecule has 0 bridgehead atoms. The zero-order valence-electron chi connectivity index (χ0n) is 8.40. The van der Waals surface area contributed by atoms with Gasteiger partial charge in [-0.15, -0.1) is 0 Å². The number of hydrogen-bond donors (Lipinski definition) is 3. The van der Waals surface area contributed by atoms with Crippen LogP contribution in [0.25, 0.3) is 10.9 Å². The van der Waals surface area contributed by atoms with Crippen LogP contribution in [-0.4, -0.2) is 10.9 Å². The van der Waals surface area contributed by atoms with Gasteiger partial charge in [0, 0.05) is 16.6 Å². The molecule has 0 amide bonds. The lowest BCUT2D eigenvalue weighted by atomic mass is 10.2. The first-order valence-electron chi connectivity index (χ1n) is 4.64. The molecule has 0 aliphatic carbocycles. The minimum Gasteiger partial charge on any atom is -0.428 e. The molecule has 0 spiro atoms. The molecule has 0 saturated heterocycles. The van der Waals surface area contributed by atoms with Gasteiger partial charge in [-0.3, -0.25) is 0 Å². The maximum Gasteiger partial charge on any atom is 0.192 e. The molecule has 2 aromatic rings. The number of nitrogens with zero attached hydrogens (tertiary/aromatic N) is 1. The van der Waals surface area contributed by atoms with E-state index in [1.807, 2.05) is 47.3 Å². The summed E-state index contributed by atoms with van der Waals surface area (Å²) in [5, 5.41) is 1.08. The molecular formula is C10H11IN4O. The Balaban J connectivity index is 2.32. The van der Waals surface area contributed by atoms with Crippen LogP contribution in [0, 0.1) is 0 Å². The lowest BCUT2D eigenvalue weighted by molar-refractivity contribution is 0.718. The highest BCUT2D eigenvalue weighted by Gasteiger charge is 2.01. The SMILES string of the molecule is NC(N)=NCc1cc2cc(OI)ccc2[nH]1. The number of guanidine groups is 1. The van der Waals surface area contributed by atoms with E-state index in [-0.39, 0.29) is 5.96 Å². The highest BCUT2D eigenvalue weighted by atomic mass is 127. The number of halogens is 1. The first-order chi connectivity index (χ1) is 7.69. The van der Waals surface area contributed by atoms with Gasteiger partial charge < -0.3 is 19.5 Å². The van der Waals surface area contributed by atoms with Crippen molar-refractivity contribution < 1.29 is 3.07 Å². The molecule has 0 fully saturated rings. The maximum absolute atomic E-state index is 5.27. The maximum atomic E-state index is 5.27. The summed E-state index contributed by atoms with van der Waals surface area (Å²) in [6.45, 7) is 0.456. The van der Waals surface area contributed by atoms with Crippen LogP contribution in [0.15, 0.2) is 29.3 Å². The molecule has 0 saturated carbocycles. The Morgan fingerprint density at radius 2 is 2.19 bits per heavy atom. The second-order valence-corrected chi connectivity index (χ2v) is 3.80. The third kappa shape index (κ3) is 2.38. The molecule has 0 atom stereocenters. The number of fused-ring (bicyclic) bond motifs is 1. The fraction of sp³-hybridized carbons (Fsp3) is 0.100. The second-order valence-electron chi connectivity index (χ2n) is 3.36. The summed E-state index contributed by atoms with van der Waals surface area (Å²) < 4.78 is 5.12. The standard InChI is InChI=1S/C10H11IN4O/c11-16-8-1-2-9-6(4-8)3-7(15-9)5-14-10(12)13/h1-4,15H,5H2,(H4,12,13,14). The summed E-state index contributed by atoms with van der Waals surface area (Å²) in [4.78, 5) is 7.17. The molecule has 1 aromatic heterocycles. The summed E-state index contributed by atoms with van der Waals surface area (Å²) in [6.07, 6.45) is 0. The molecular weight excluding hydrogens is 319 g/mol. The number of nitrogens with two attached hydrogens (primary N) is 2. The lowest BCUT2D eigenvalue weighted by Gasteiger charge is -1.95. The van der Waals surface area contributed by atoms with E-state index in [1.165, 1.54) is 0 Å². The van der Waals surface area contributed by atoms with E-state index in [4.69, 9.17) is 14.5 Å². The molecule has 6 heteroatoms. The van der Waals surface area contributed by atoms with E-state index in [1.54, 1.807) is 0 Å². The molecule has 0 aliphatic heterocycles. The molecule has 2 rings (SSSR count). The molecule has 1 heterocycles. The molecule has 5 nitrogen and oxygen atoms in total. The van der Waals surface area contributed by atoms with Crippen molar-refractivity contribution in [2.45, 2.75) is 6.54 Å². The predicted molar refractivity (Wildman–Crippen MR) is 72.5 cm³/mol. The molecule has 0 radical (unpaired) electrons. The first kappa shape index (κ1) is 11.1. The number of hydrogen-bond acceptors (Lipinski definition) is 2. The second kappa shape index (κ2) is 4.60. The Hall–Kier alpha value is -1.44. The zero-order valence-corrected chi connectivity index (χ0v) is 10.6. The van der Waals surface area contributed by atoms with Gasteiger partial charge in [-0.2, -0.15) is 0 Å². The van der Waals surface area contributed by atoms with Crippen LogP contribution in [0.3, 0.4) is 0 Å². The summed E-state index contributed by atoms with van der Waals surface area (Å²) in [6, 6.07) is 7.82. The molecule has 1 aromatic carbocycles. The monoisotopic (exact) mass is 330 g/mol. The number of benzene rings is 1. The summed E-state index contributed by atoms with van der Waals surface area (Å²) in [5.41, 5.74) is 12.6. The van der Waals surface area contributed by atoms with E-state index >= 15 is 0 Å². The van der Waals surface area contributed by atoms with E-state index in [2.05, 4.69) is 9.98 Å². The summed E-state index contributed by atoms with van der Waals surface area (Å²) in [5.74, 6) is 0.912. The van der Waals surface area contributed by atoms with E-state index in [9.17, 15) is 0 Å². The largest absolute Gasteiger partial charge is 0.428 e. The van der Waals surface area contributed by atoms with E-state index in [0.717, 1.165) is 22.3 Å². The topological polar surface area (TPSA) is 89.4 Å². The van der Waals surface area contributed by atoms with E-state index in [0.29, 0.717) is 6.54 Å². The Morgan fingerprint density at radius 3 is 2.88 bits per heavy atom. The number of aromatic amines is 1. The van der Waals surface area contributed by atoms with Gasteiger partial charge in [-0.1, -0.05) is 0 Å². The van der Waals surface area contributed by atoms with Crippen LogP contribution < -0.4 is 14.5 Å². The minimum absolute atomic E-state index is 0.0925. The Bertz CT molecular complexity index is 531. The number of nitrogens with one attached hydrogen (secondary N) is 1. The molecule has 84 valence electrons. The Morgan fingerprint density at radius 1 is 1.38 bits per heavy atom.